The van der Waals surface area contributed by atoms with Crippen LogP contribution in [-0.4, -0.2) is 99.7 Å². The number of hydrogen-bond donors (Lipinski definition) is 6. The number of anilines is 6. The Hall–Kier alpha value is -9.00. The number of thiazole rings is 3. The Labute approximate surface area is 591 Å². The molecule has 0 spiro atoms. The van der Waals surface area contributed by atoms with Crippen LogP contribution in [0.15, 0.2) is 108 Å². The first-order chi connectivity index (χ1) is 47.2. The second-order valence-corrected chi connectivity index (χ2v) is 31.3. The van der Waals surface area contributed by atoms with Gasteiger partial charge in [0.25, 0.3) is 0 Å². The van der Waals surface area contributed by atoms with Crippen LogP contribution in [0.25, 0.3) is 30.6 Å². The molecule has 3 aliphatic rings. The average Bonchev–Trinajstić information content (AvgIpc) is 1.60. The standard InChI is InChI=1S/3C25H31N5O2S/c3*1-14(2)7-18-10-21(17-5-6-22-20(9-17)28-13-33-22)30(12-16(18)4)25(32)24(31)29-19-8-15(3)23(26)27-11-19/h3*5-6,8-9,11,13-14,16,18,21H,7,10,12H2,1-4H3,(H2,26,27)(H,29,31)/t16-,18?,21-;16-,18+,21-;16-,18-,21-/m111/s1. The predicted octanol–water partition coefficient (Wildman–Crippen LogP) is 14.4. The van der Waals surface area contributed by atoms with Gasteiger partial charge in [-0.15, -0.1) is 34.0 Å². The fraction of sp³-hybridized carbons (Fsp3) is 0.440. The Morgan fingerprint density at radius 1 is 0.424 bits per heavy atom. The molecule has 522 valence electrons. The molecule has 6 aromatic heterocycles. The number of aromatic nitrogens is 6. The fourth-order valence-electron chi connectivity index (χ4n) is 14.3. The van der Waals surface area contributed by atoms with Crippen molar-refractivity contribution in [2.75, 3.05) is 52.8 Å². The molecular weight excluding hydrogens is 1300 g/mol. The van der Waals surface area contributed by atoms with Crippen LogP contribution in [0, 0.1) is 74.0 Å². The summed E-state index contributed by atoms with van der Waals surface area (Å²) in [7, 11) is 0. The lowest BCUT2D eigenvalue weighted by Gasteiger charge is -2.43. The van der Waals surface area contributed by atoms with E-state index in [0.29, 0.717) is 107 Å². The first-order valence-corrected chi connectivity index (χ1v) is 36.8. The Kier molecular flexibility index (Phi) is 23.4. The Morgan fingerprint density at radius 2 is 0.687 bits per heavy atom. The molecule has 3 aliphatic heterocycles. The lowest BCUT2D eigenvalue weighted by atomic mass is 9.76. The van der Waals surface area contributed by atoms with Crippen LogP contribution in [0.1, 0.15) is 152 Å². The third-order valence-electron chi connectivity index (χ3n) is 19.6. The highest BCUT2D eigenvalue weighted by Crippen LogP contribution is 2.44. The van der Waals surface area contributed by atoms with Crippen LogP contribution >= 0.6 is 34.0 Å². The molecule has 0 bridgehead atoms. The van der Waals surface area contributed by atoms with Gasteiger partial charge in [0.15, 0.2) is 0 Å². The minimum Gasteiger partial charge on any atom is -0.383 e. The van der Waals surface area contributed by atoms with Crippen LogP contribution in [0.4, 0.5) is 34.5 Å². The van der Waals surface area contributed by atoms with Crippen molar-refractivity contribution < 1.29 is 28.8 Å². The van der Waals surface area contributed by atoms with Crippen molar-refractivity contribution in [3.8, 4) is 0 Å². The Bertz CT molecular complexity index is 3960. The van der Waals surface area contributed by atoms with Crippen LogP contribution in [0.2, 0.25) is 0 Å². The molecule has 21 nitrogen and oxygen atoms in total. The van der Waals surface area contributed by atoms with E-state index in [4.69, 9.17) is 17.2 Å². The van der Waals surface area contributed by atoms with Gasteiger partial charge < -0.3 is 47.9 Å². The summed E-state index contributed by atoms with van der Waals surface area (Å²) in [6.07, 6.45) is 10.2. The summed E-state index contributed by atoms with van der Waals surface area (Å²) >= 11 is 4.79. The SMILES string of the molecule is Cc1cc(NC(=O)C(=O)N2C[C@@H](C)C(CC(C)C)C[C@@H]2c2ccc3scnc3c2)cnc1N.Cc1cc(NC(=O)C(=O)N2C[C@@H](C)[C@@H](CC(C)C)C[C@@H]2c2ccc3scnc3c2)cnc1N.Cc1cc(NC(=O)C(=O)N2C[C@@H](C)[C@H](CC(C)C)C[C@@H]2c2ccc3scnc3c2)cnc1N. The Balaban J connectivity index is 0.000000161. The molecule has 6 amide bonds. The fourth-order valence-corrected chi connectivity index (χ4v) is 16.3. The van der Waals surface area contributed by atoms with Gasteiger partial charge in [-0.2, -0.15) is 0 Å². The number of likely N-dealkylation sites (tertiary alicyclic amines) is 3. The van der Waals surface area contributed by atoms with Crippen LogP contribution in [0.3, 0.4) is 0 Å². The molecule has 3 fully saturated rings. The number of piperidine rings is 3. The second kappa shape index (κ2) is 31.9. The van der Waals surface area contributed by atoms with Crippen molar-refractivity contribution in [2.24, 2.45) is 53.3 Å². The molecule has 0 radical (unpaired) electrons. The van der Waals surface area contributed by atoms with Crippen LogP contribution < -0.4 is 33.2 Å². The number of carbonyl (C=O) groups is 6. The first-order valence-electron chi connectivity index (χ1n) is 34.2. The van der Waals surface area contributed by atoms with E-state index in [-0.39, 0.29) is 18.1 Å². The minimum atomic E-state index is -0.657. The number of fused-ring (bicyclic) bond motifs is 3. The van der Waals surface area contributed by atoms with Crippen molar-refractivity contribution in [3.63, 3.8) is 0 Å². The van der Waals surface area contributed by atoms with Gasteiger partial charge in [-0.1, -0.05) is 80.5 Å². The summed E-state index contributed by atoms with van der Waals surface area (Å²) in [6, 6.07) is 23.2. The number of nitrogens with zero attached hydrogens (tertiary/aromatic N) is 9. The molecule has 0 aliphatic carbocycles. The van der Waals surface area contributed by atoms with Gasteiger partial charge in [-0.3, -0.25) is 28.8 Å². The average molecular weight is 1400 g/mol. The zero-order valence-corrected chi connectivity index (χ0v) is 61.1. The summed E-state index contributed by atoms with van der Waals surface area (Å²) in [5.74, 6) is 1.76. The topological polar surface area (TPSA) is 304 Å². The summed E-state index contributed by atoms with van der Waals surface area (Å²) in [5, 5.41) is 8.11. The summed E-state index contributed by atoms with van der Waals surface area (Å²) < 4.78 is 3.34. The number of nitrogens with two attached hydrogens (primary N) is 3. The Morgan fingerprint density at radius 3 is 0.929 bits per heavy atom. The monoisotopic (exact) mass is 1400 g/mol. The maximum Gasteiger partial charge on any atom is 0.313 e. The van der Waals surface area contributed by atoms with Gasteiger partial charge in [-0.05, 0) is 201 Å². The van der Waals surface area contributed by atoms with Gasteiger partial charge >= 0.3 is 35.4 Å². The van der Waals surface area contributed by atoms with Crippen molar-refractivity contribution in [2.45, 2.75) is 140 Å². The highest BCUT2D eigenvalue weighted by Gasteiger charge is 2.42. The number of nitrogens with one attached hydrogen (secondary N) is 3. The number of rotatable bonds is 12. The molecular formula is C75H93N15O6S3. The zero-order chi connectivity index (χ0) is 71.1. The van der Waals surface area contributed by atoms with E-state index in [0.717, 1.165) is 103 Å². The quantitative estimate of drug-likeness (QED) is 0.0620. The van der Waals surface area contributed by atoms with Crippen LogP contribution in [-0.2, 0) is 28.8 Å². The molecule has 3 saturated heterocycles. The maximum absolute atomic E-state index is 13.4. The van der Waals surface area contributed by atoms with Crippen molar-refractivity contribution in [1.82, 2.24) is 44.6 Å². The smallest absolute Gasteiger partial charge is 0.313 e. The number of benzene rings is 3. The summed E-state index contributed by atoms with van der Waals surface area (Å²) in [5.41, 5.74) is 32.3. The zero-order valence-electron chi connectivity index (χ0n) is 58.6. The van der Waals surface area contributed by atoms with Gasteiger partial charge in [-0.25, -0.2) is 29.9 Å². The summed E-state index contributed by atoms with van der Waals surface area (Å²) in [4.78, 5) is 110. The van der Waals surface area contributed by atoms with Crippen molar-refractivity contribution in [1.29, 1.82) is 0 Å². The third-order valence-corrected chi connectivity index (χ3v) is 22.0. The molecule has 0 saturated carbocycles. The molecule has 99 heavy (non-hydrogen) atoms. The lowest BCUT2D eigenvalue weighted by Crippen LogP contribution is -2.49. The molecule has 12 rings (SSSR count). The number of amides is 6. The minimum absolute atomic E-state index is 0.166. The lowest BCUT2D eigenvalue weighted by molar-refractivity contribution is -0.147. The molecule has 3 aromatic carbocycles. The highest BCUT2D eigenvalue weighted by molar-refractivity contribution is 7.17. The molecule has 9 N–H and O–H groups in total. The van der Waals surface area contributed by atoms with Gasteiger partial charge in [0.05, 0.1) is 101 Å². The first kappa shape index (κ1) is 72.7. The van der Waals surface area contributed by atoms with E-state index in [1.165, 1.54) is 18.6 Å². The van der Waals surface area contributed by atoms with E-state index in [9.17, 15) is 28.8 Å². The van der Waals surface area contributed by atoms with E-state index in [1.54, 1.807) is 66.9 Å². The molecule has 9 heterocycles. The molecule has 1 unspecified atom stereocenters. The number of hydrogen-bond acceptors (Lipinski definition) is 18. The predicted molar refractivity (Wildman–Crippen MR) is 398 cm³/mol. The van der Waals surface area contributed by atoms with E-state index < -0.39 is 35.4 Å². The molecule has 9 atom stereocenters. The molecule has 24 heteroatoms. The van der Waals surface area contributed by atoms with Gasteiger partial charge in [0.2, 0.25) is 0 Å². The highest BCUT2D eigenvalue weighted by atomic mass is 32.1. The van der Waals surface area contributed by atoms with E-state index in [2.05, 4.69) is 163 Å². The van der Waals surface area contributed by atoms with Gasteiger partial charge in [0, 0.05) is 19.6 Å². The van der Waals surface area contributed by atoms with Crippen molar-refractivity contribution in [3.05, 3.63) is 141 Å². The molecule has 9 aromatic rings. The van der Waals surface area contributed by atoms with Crippen molar-refractivity contribution >= 4 is 135 Å². The number of carbonyl (C=O) groups excluding carboxylic acids is 6. The van der Waals surface area contributed by atoms with E-state index >= 15 is 0 Å². The third kappa shape index (κ3) is 17.7. The largest absolute Gasteiger partial charge is 0.383 e. The van der Waals surface area contributed by atoms with E-state index in [1.807, 2.05) is 37.3 Å². The van der Waals surface area contributed by atoms with Crippen LogP contribution in [0.5, 0.6) is 0 Å². The second-order valence-electron chi connectivity index (χ2n) is 28.6. The number of pyridine rings is 3. The summed E-state index contributed by atoms with van der Waals surface area (Å²) in [6.45, 7) is 27.0. The number of aryl methyl sites for hydroxylation is 3. The normalized spacial score (nSPS) is 20.9. The maximum atomic E-state index is 13.4. The number of nitrogen functional groups attached to an aromatic ring is 3. The van der Waals surface area contributed by atoms with Gasteiger partial charge in [0.1, 0.15) is 17.5 Å².